The second-order valence-corrected chi connectivity index (χ2v) is 5.52. The molecule has 0 aliphatic heterocycles. The molecule has 0 saturated heterocycles. The van der Waals surface area contributed by atoms with Crippen molar-refractivity contribution in [3.8, 4) is 5.75 Å². The molecule has 1 rings (SSSR count). The maximum Gasteiger partial charge on any atom is 0.122 e. The van der Waals surface area contributed by atoms with Gasteiger partial charge in [0.25, 0.3) is 0 Å². The van der Waals surface area contributed by atoms with Crippen LogP contribution in [-0.2, 0) is 6.42 Å². The van der Waals surface area contributed by atoms with Gasteiger partial charge >= 0.3 is 0 Å². The predicted molar refractivity (Wildman–Crippen MR) is 81.9 cm³/mol. The fraction of sp³-hybridized carbons (Fsp3) is 0.625. The minimum absolute atomic E-state index is 0.531. The van der Waals surface area contributed by atoms with Crippen LogP contribution in [0.4, 0.5) is 0 Å². The molecule has 0 aliphatic carbocycles. The number of hydrogen-bond acceptors (Lipinski definition) is 3. The third kappa shape index (κ3) is 5.21. The summed E-state index contributed by atoms with van der Waals surface area (Å²) < 4.78 is 5.43. The van der Waals surface area contributed by atoms with Crippen molar-refractivity contribution in [1.29, 1.82) is 0 Å². The number of hydrogen-bond donors (Lipinski definition) is 2. The van der Waals surface area contributed by atoms with Crippen LogP contribution in [0.5, 0.6) is 5.75 Å². The summed E-state index contributed by atoms with van der Waals surface area (Å²) in [5.41, 5.74) is 8.25. The minimum Gasteiger partial charge on any atom is -0.496 e. The highest BCUT2D eigenvalue weighted by atomic mass is 16.5. The van der Waals surface area contributed by atoms with Gasteiger partial charge in [0.15, 0.2) is 0 Å². The summed E-state index contributed by atoms with van der Waals surface area (Å²) in [4.78, 5) is 0. The van der Waals surface area contributed by atoms with Gasteiger partial charge in [-0.2, -0.15) is 0 Å². The second kappa shape index (κ2) is 8.18. The van der Waals surface area contributed by atoms with Crippen LogP contribution in [0, 0.1) is 5.92 Å². The molecule has 3 N–H and O–H groups in total. The Hall–Kier alpha value is -1.06. The normalized spacial score (nSPS) is 12.7. The maximum absolute atomic E-state index is 5.60. The van der Waals surface area contributed by atoms with Gasteiger partial charge < -0.3 is 15.8 Å². The second-order valence-electron chi connectivity index (χ2n) is 5.52. The van der Waals surface area contributed by atoms with Crippen molar-refractivity contribution < 1.29 is 4.74 Å². The van der Waals surface area contributed by atoms with Crippen LogP contribution in [0.15, 0.2) is 18.2 Å². The van der Waals surface area contributed by atoms with Gasteiger partial charge in [-0.3, -0.25) is 0 Å². The number of methoxy groups -OCH3 is 1. The highest BCUT2D eigenvalue weighted by Crippen LogP contribution is 2.24. The first kappa shape index (κ1) is 16.0. The highest BCUT2D eigenvalue weighted by molar-refractivity contribution is 5.38. The summed E-state index contributed by atoms with van der Waals surface area (Å²) in [6, 6.07) is 6.49. The Bertz CT molecular complexity index is 377. The maximum atomic E-state index is 5.60. The summed E-state index contributed by atoms with van der Waals surface area (Å²) in [5, 5.41) is 3.45. The monoisotopic (exact) mass is 264 g/mol. The van der Waals surface area contributed by atoms with Gasteiger partial charge in [0.1, 0.15) is 5.75 Å². The Labute approximate surface area is 117 Å². The van der Waals surface area contributed by atoms with Crippen LogP contribution in [0.2, 0.25) is 0 Å². The first-order valence-electron chi connectivity index (χ1n) is 7.16. The molecule has 0 aliphatic rings. The van der Waals surface area contributed by atoms with Crippen molar-refractivity contribution >= 4 is 0 Å². The lowest BCUT2D eigenvalue weighted by Crippen LogP contribution is -2.27. The third-order valence-corrected chi connectivity index (χ3v) is 3.44. The van der Waals surface area contributed by atoms with E-state index in [0.717, 1.165) is 31.8 Å². The van der Waals surface area contributed by atoms with Gasteiger partial charge in [-0.25, -0.2) is 0 Å². The first-order valence-corrected chi connectivity index (χ1v) is 7.16. The van der Waals surface area contributed by atoms with Gasteiger partial charge in [0, 0.05) is 0 Å². The molecule has 0 bridgehead atoms. The zero-order valence-electron chi connectivity index (χ0n) is 12.7. The molecule has 0 heterocycles. The third-order valence-electron chi connectivity index (χ3n) is 3.44. The molecule has 0 fully saturated rings. The van der Waals surface area contributed by atoms with E-state index >= 15 is 0 Å². The number of ether oxygens (including phenoxy) is 1. The van der Waals surface area contributed by atoms with Crippen molar-refractivity contribution in [3.05, 3.63) is 29.3 Å². The zero-order valence-corrected chi connectivity index (χ0v) is 12.7. The number of benzene rings is 1. The van der Waals surface area contributed by atoms with Gasteiger partial charge in [0.2, 0.25) is 0 Å². The Morgan fingerprint density at radius 3 is 2.58 bits per heavy atom. The van der Waals surface area contributed by atoms with Crippen LogP contribution in [0.25, 0.3) is 0 Å². The summed E-state index contributed by atoms with van der Waals surface area (Å²) >= 11 is 0. The van der Waals surface area contributed by atoms with E-state index < -0.39 is 0 Å². The van der Waals surface area contributed by atoms with E-state index in [1.54, 1.807) is 7.11 Å². The Morgan fingerprint density at radius 2 is 2.00 bits per heavy atom. The fourth-order valence-electron chi connectivity index (χ4n) is 2.01. The highest BCUT2D eigenvalue weighted by Gasteiger charge is 2.07. The molecule has 0 saturated carbocycles. The summed E-state index contributed by atoms with van der Waals surface area (Å²) in [6.45, 7) is 9.26. The average molecular weight is 264 g/mol. The lowest BCUT2D eigenvalue weighted by Gasteiger charge is -2.14. The Morgan fingerprint density at radius 1 is 1.26 bits per heavy atom. The number of nitrogens with two attached hydrogens (primary N) is 1. The Kier molecular flexibility index (Phi) is 6.89. The SMILES string of the molecule is COc1ccc(C(C)C)cc1CCNCC(C)CN. The lowest BCUT2D eigenvalue weighted by atomic mass is 9.99. The predicted octanol–water partition coefficient (Wildman–Crippen LogP) is 2.55. The average Bonchev–Trinajstić information content (AvgIpc) is 2.42. The van der Waals surface area contributed by atoms with Crippen molar-refractivity contribution in [2.75, 3.05) is 26.7 Å². The van der Waals surface area contributed by atoms with E-state index in [1.807, 2.05) is 0 Å². The smallest absolute Gasteiger partial charge is 0.122 e. The minimum atomic E-state index is 0.531. The van der Waals surface area contributed by atoms with E-state index in [9.17, 15) is 0 Å². The van der Waals surface area contributed by atoms with Crippen LogP contribution in [-0.4, -0.2) is 26.7 Å². The number of nitrogens with one attached hydrogen (secondary N) is 1. The molecule has 1 aromatic rings. The summed E-state index contributed by atoms with van der Waals surface area (Å²) in [6.07, 6.45) is 0.987. The van der Waals surface area contributed by atoms with Crippen molar-refractivity contribution in [1.82, 2.24) is 5.32 Å². The van der Waals surface area contributed by atoms with Gasteiger partial charge in [-0.1, -0.05) is 32.9 Å². The quantitative estimate of drug-likeness (QED) is 0.709. The molecule has 0 aromatic heterocycles. The van der Waals surface area contributed by atoms with Crippen LogP contribution in [0.1, 0.15) is 37.8 Å². The van der Waals surface area contributed by atoms with Gasteiger partial charge in [0.05, 0.1) is 7.11 Å². The van der Waals surface area contributed by atoms with Crippen LogP contribution >= 0.6 is 0 Å². The molecule has 1 aromatic carbocycles. The van der Waals surface area contributed by atoms with Crippen molar-refractivity contribution in [2.24, 2.45) is 11.7 Å². The molecule has 108 valence electrons. The van der Waals surface area contributed by atoms with Crippen LogP contribution in [0.3, 0.4) is 0 Å². The molecule has 0 spiro atoms. The molecular formula is C16H28N2O. The summed E-state index contributed by atoms with van der Waals surface area (Å²) in [7, 11) is 1.73. The molecule has 1 atom stereocenters. The standard InChI is InChI=1S/C16H28N2O/c1-12(2)14-5-6-16(19-4)15(9-14)7-8-18-11-13(3)10-17/h5-6,9,12-13,18H,7-8,10-11,17H2,1-4H3. The van der Waals surface area contributed by atoms with E-state index in [2.05, 4.69) is 44.3 Å². The van der Waals surface area contributed by atoms with Crippen molar-refractivity contribution in [3.63, 3.8) is 0 Å². The van der Waals surface area contributed by atoms with E-state index in [0.29, 0.717) is 11.8 Å². The topological polar surface area (TPSA) is 47.3 Å². The summed E-state index contributed by atoms with van der Waals surface area (Å²) in [5.74, 6) is 2.07. The molecule has 3 heteroatoms. The molecule has 3 nitrogen and oxygen atoms in total. The molecule has 1 unspecified atom stereocenters. The van der Waals surface area contributed by atoms with Gasteiger partial charge in [-0.15, -0.1) is 0 Å². The number of rotatable bonds is 8. The molecule has 0 radical (unpaired) electrons. The van der Waals surface area contributed by atoms with Crippen molar-refractivity contribution in [2.45, 2.75) is 33.1 Å². The van der Waals surface area contributed by atoms with Gasteiger partial charge in [-0.05, 0) is 55.1 Å². The fourth-order valence-corrected chi connectivity index (χ4v) is 2.01. The lowest BCUT2D eigenvalue weighted by molar-refractivity contribution is 0.408. The first-order chi connectivity index (χ1) is 9.08. The molecule has 19 heavy (non-hydrogen) atoms. The molecule has 0 amide bonds. The largest absolute Gasteiger partial charge is 0.496 e. The van der Waals surface area contributed by atoms with Crippen LogP contribution < -0.4 is 15.8 Å². The van der Waals surface area contributed by atoms with E-state index in [4.69, 9.17) is 10.5 Å². The molecular weight excluding hydrogens is 236 g/mol. The Balaban J connectivity index is 2.57. The zero-order chi connectivity index (χ0) is 14.3. The van der Waals surface area contributed by atoms with E-state index in [1.165, 1.54) is 11.1 Å². The van der Waals surface area contributed by atoms with E-state index in [-0.39, 0.29) is 0 Å².